The van der Waals surface area contributed by atoms with Crippen LogP contribution in [-0.2, 0) is 13.2 Å². The van der Waals surface area contributed by atoms with Crippen LogP contribution in [0.2, 0.25) is 0 Å². The summed E-state index contributed by atoms with van der Waals surface area (Å²) in [4.78, 5) is 0. The van der Waals surface area contributed by atoms with Crippen molar-refractivity contribution in [2.24, 2.45) is 0 Å². The first kappa shape index (κ1) is 12.3. The Labute approximate surface area is 96.6 Å². The van der Waals surface area contributed by atoms with E-state index in [0.717, 1.165) is 10.0 Å². The molecule has 4 heteroatoms. The summed E-state index contributed by atoms with van der Waals surface area (Å²) in [5.74, 6) is 0. The topological polar surface area (TPSA) is 0 Å². The van der Waals surface area contributed by atoms with Crippen molar-refractivity contribution >= 4 is 43.2 Å². The fourth-order valence-electron chi connectivity index (χ4n) is 0.484. The molecular weight excluding hydrogens is 389 g/mol. The normalized spacial score (nSPS) is 7.64. The van der Waals surface area contributed by atoms with Crippen LogP contribution in [0, 0.1) is 6.92 Å². The Morgan fingerprint density at radius 2 is 1.45 bits per heavy atom. The monoisotopic (exact) mass is 391 g/mol. The maximum atomic E-state index is 3.74. The summed E-state index contributed by atoms with van der Waals surface area (Å²) in [6.45, 7) is 3.74. The summed E-state index contributed by atoms with van der Waals surface area (Å²) in [5.41, 5.74) is 1.05. The zero-order valence-electron chi connectivity index (χ0n) is 5.86. The number of halogens is 3. The fourth-order valence-corrected chi connectivity index (χ4v) is 0.749. The maximum Gasteiger partial charge on any atom is 0.0175 e. The van der Waals surface area contributed by atoms with Crippen LogP contribution in [0.25, 0.3) is 0 Å². The van der Waals surface area contributed by atoms with Crippen LogP contribution in [0.4, 0.5) is 0 Å². The van der Waals surface area contributed by atoms with Gasteiger partial charge in [-0.05, 0) is 24.6 Å². The molecule has 0 saturated heterocycles. The third-order valence-corrected chi connectivity index (χ3v) is 1.44. The van der Waals surface area contributed by atoms with E-state index in [1.807, 2.05) is 24.3 Å². The van der Waals surface area contributed by atoms with Crippen molar-refractivity contribution in [1.82, 2.24) is 0 Å². The van der Waals surface area contributed by atoms with Gasteiger partial charge in [0.1, 0.15) is 0 Å². The molecule has 0 aliphatic rings. The van der Waals surface area contributed by atoms with E-state index < -0.39 is 0 Å². The third-order valence-electron chi connectivity index (χ3n) is 0.913. The predicted octanol–water partition coefficient (Wildman–Crippen LogP) is 4.32. The molecule has 0 aliphatic heterocycles. The number of rotatable bonds is 0. The molecular formula is C7H6Br3Zn. The van der Waals surface area contributed by atoms with Crippen LogP contribution in [0.15, 0.2) is 28.7 Å². The van der Waals surface area contributed by atoms with Crippen LogP contribution >= 0.6 is 43.2 Å². The largest absolute Gasteiger partial charge is 0.0579 e. The van der Waals surface area contributed by atoms with Gasteiger partial charge in [0.15, 0.2) is 0 Å². The Kier molecular flexibility index (Phi) is 8.83. The van der Waals surface area contributed by atoms with E-state index in [4.69, 9.17) is 0 Å². The van der Waals surface area contributed by atoms with Gasteiger partial charge in [-0.15, -0.1) is 0 Å². The van der Waals surface area contributed by atoms with E-state index in [1.165, 1.54) is 0 Å². The molecule has 0 nitrogen and oxygen atoms in total. The molecule has 0 amide bonds. The molecule has 0 saturated carbocycles. The zero-order chi connectivity index (χ0) is 8.69. The Hall–Kier alpha value is 1.28. The number of benzene rings is 1. The Morgan fingerprint density at radius 3 is 1.73 bits per heavy atom. The second kappa shape index (κ2) is 7.91. The van der Waals surface area contributed by atoms with Crippen molar-refractivity contribution < 1.29 is 13.2 Å². The maximum absolute atomic E-state index is 3.74. The first-order valence-corrected chi connectivity index (χ1v) is 17.6. The molecule has 0 unspecified atom stereocenters. The van der Waals surface area contributed by atoms with Crippen molar-refractivity contribution in [3.05, 3.63) is 41.2 Å². The smallest absolute Gasteiger partial charge is 0.0175 e. The van der Waals surface area contributed by atoms with Crippen LogP contribution < -0.4 is 0 Å². The van der Waals surface area contributed by atoms with E-state index >= 15 is 0 Å². The van der Waals surface area contributed by atoms with Crippen LogP contribution in [0.5, 0.6) is 0 Å². The summed E-state index contributed by atoms with van der Waals surface area (Å²) >= 11 is 9.57. The molecule has 1 rings (SSSR count). The van der Waals surface area contributed by atoms with Gasteiger partial charge in [0.05, 0.1) is 0 Å². The molecule has 0 aromatic heterocycles. The van der Waals surface area contributed by atoms with Gasteiger partial charge in [-0.1, -0.05) is 28.1 Å². The Morgan fingerprint density at radius 1 is 1.09 bits per heavy atom. The van der Waals surface area contributed by atoms with Gasteiger partial charge in [0.25, 0.3) is 0 Å². The average molecular weight is 395 g/mol. The third kappa shape index (κ3) is 7.64. The molecule has 1 radical (unpaired) electrons. The Bertz CT molecular complexity index is 164. The predicted molar refractivity (Wildman–Crippen MR) is 56.5 cm³/mol. The molecule has 57 valence electrons. The fraction of sp³-hybridized carbons (Fsp3) is 0. The van der Waals surface area contributed by atoms with Crippen molar-refractivity contribution in [3.63, 3.8) is 0 Å². The van der Waals surface area contributed by atoms with Gasteiger partial charge >= 0.3 is 40.5 Å². The van der Waals surface area contributed by atoms with Crippen molar-refractivity contribution in [1.29, 1.82) is 0 Å². The number of hydrogen-bond donors (Lipinski definition) is 0. The van der Waals surface area contributed by atoms with E-state index in [1.54, 1.807) is 0 Å². The van der Waals surface area contributed by atoms with Gasteiger partial charge in [0.2, 0.25) is 0 Å². The second-order valence-corrected chi connectivity index (χ2v) is 16.7. The van der Waals surface area contributed by atoms with Crippen molar-refractivity contribution in [2.75, 3.05) is 0 Å². The van der Waals surface area contributed by atoms with Gasteiger partial charge in [-0.25, -0.2) is 0 Å². The zero-order valence-corrected chi connectivity index (χ0v) is 13.6. The number of hydrogen-bond acceptors (Lipinski definition) is 0. The molecule has 0 fully saturated rings. The molecule has 1 aromatic rings. The Balaban J connectivity index is 0.000000292. The molecule has 11 heavy (non-hydrogen) atoms. The molecule has 0 spiro atoms. The quantitative estimate of drug-likeness (QED) is 0.574. The summed E-state index contributed by atoms with van der Waals surface area (Å²) in [6, 6.07) is 7.87. The van der Waals surface area contributed by atoms with Gasteiger partial charge < -0.3 is 0 Å². The summed E-state index contributed by atoms with van der Waals surface area (Å²) in [7, 11) is 0. The molecule has 0 bridgehead atoms. The minimum Gasteiger partial charge on any atom is -0.0579 e. The SMILES string of the molecule is [Br][Zn][Br].[CH2]c1ccc(Br)cc1. The van der Waals surface area contributed by atoms with E-state index in [2.05, 4.69) is 50.1 Å². The summed E-state index contributed by atoms with van der Waals surface area (Å²) < 4.78 is 1.10. The van der Waals surface area contributed by atoms with Crippen molar-refractivity contribution in [3.8, 4) is 0 Å². The van der Waals surface area contributed by atoms with Gasteiger partial charge in [-0.3, -0.25) is 0 Å². The van der Waals surface area contributed by atoms with E-state index in [0.29, 0.717) is 0 Å². The molecule has 0 heterocycles. The van der Waals surface area contributed by atoms with Gasteiger partial charge in [-0.2, -0.15) is 0 Å². The second-order valence-electron chi connectivity index (χ2n) is 1.73. The van der Waals surface area contributed by atoms with Crippen LogP contribution in [0.1, 0.15) is 5.56 Å². The minimum atomic E-state index is -0.250. The minimum absolute atomic E-state index is 0.250. The van der Waals surface area contributed by atoms with Crippen LogP contribution in [-0.4, -0.2) is 0 Å². The molecule has 0 aliphatic carbocycles. The first-order chi connectivity index (χ1) is 5.20. The summed E-state index contributed by atoms with van der Waals surface area (Å²) in [5, 5.41) is 0. The van der Waals surface area contributed by atoms with E-state index in [9.17, 15) is 0 Å². The summed E-state index contributed by atoms with van der Waals surface area (Å²) in [6.07, 6.45) is 0. The first-order valence-electron chi connectivity index (χ1n) is 2.90. The molecule has 0 N–H and O–H groups in total. The molecule has 1 aromatic carbocycles. The van der Waals surface area contributed by atoms with E-state index in [-0.39, 0.29) is 13.2 Å². The average Bonchev–Trinajstić information content (AvgIpc) is 1.97. The molecule has 0 atom stereocenters. The van der Waals surface area contributed by atoms with Crippen molar-refractivity contribution in [2.45, 2.75) is 0 Å². The van der Waals surface area contributed by atoms with Crippen LogP contribution in [0.3, 0.4) is 0 Å². The standard InChI is InChI=1S/C7H6Br.2BrH.Zn/c1-6-2-4-7(8)5-3-6;;;/h2-5H,1H2;2*1H;/q;;;+2/p-2. The van der Waals surface area contributed by atoms with Gasteiger partial charge in [0, 0.05) is 4.47 Å².